The van der Waals surface area contributed by atoms with Gasteiger partial charge >= 0.3 is 6.08 Å². The Balaban J connectivity index is 3.38. The van der Waals surface area contributed by atoms with Gasteiger partial charge in [-0.05, 0) is 5.16 Å². The van der Waals surface area contributed by atoms with Crippen LogP contribution in [0.2, 0.25) is 0 Å². The maximum absolute atomic E-state index is 7.78. The molecule has 0 unspecified atom stereocenters. The van der Waals surface area contributed by atoms with E-state index in [1.54, 1.807) is 0 Å². The Bertz CT molecular complexity index is 65.3. The van der Waals surface area contributed by atoms with Crippen molar-refractivity contribution in [3.63, 3.8) is 0 Å². The highest BCUT2D eigenvalue weighted by molar-refractivity contribution is 5.65. The van der Waals surface area contributed by atoms with Gasteiger partial charge in [0.2, 0.25) is 0 Å². The SMILES string of the molecule is CO/C(=N/O)ON. The van der Waals surface area contributed by atoms with Crippen LogP contribution in [-0.4, -0.2) is 18.4 Å². The lowest BCUT2D eigenvalue weighted by molar-refractivity contribution is 0.168. The number of hydrogen-bond acceptors (Lipinski definition) is 5. The fraction of sp³-hybridized carbons (Fsp3) is 0.500. The summed E-state index contributed by atoms with van der Waals surface area (Å²) in [4.78, 5) is 3.83. The van der Waals surface area contributed by atoms with Crippen molar-refractivity contribution in [2.24, 2.45) is 11.1 Å². The summed E-state index contributed by atoms with van der Waals surface area (Å²) in [6.45, 7) is 0. The van der Waals surface area contributed by atoms with Gasteiger partial charge in [0, 0.05) is 0 Å². The summed E-state index contributed by atoms with van der Waals surface area (Å²) in [5.74, 6) is 4.48. The standard InChI is InChI=1S/C2H6N2O3/c1-6-2(4-5)7-3/h5H,3H2,1H3/b4-2-. The Labute approximate surface area is 40.3 Å². The molecule has 0 radical (unpaired) electrons. The van der Waals surface area contributed by atoms with Crippen molar-refractivity contribution in [2.75, 3.05) is 7.11 Å². The molecule has 5 heteroatoms. The van der Waals surface area contributed by atoms with Gasteiger partial charge in [-0.2, -0.15) is 5.90 Å². The molecule has 0 spiro atoms. The van der Waals surface area contributed by atoms with E-state index in [0.717, 1.165) is 0 Å². The van der Waals surface area contributed by atoms with Crippen LogP contribution in [0.25, 0.3) is 0 Å². The third kappa shape index (κ3) is 1.83. The number of hydrogen-bond donors (Lipinski definition) is 2. The minimum atomic E-state index is -0.361. The highest BCUT2D eigenvalue weighted by Gasteiger charge is 1.90. The molecule has 0 saturated heterocycles. The van der Waals surface area contributed by atoms with Gasteiger partial charge in [0.25, 0.3) is 0 Å². The van der Waals surface area contributed by atoms with Crippen LogP contribution in [0.4, 0.5) is 0 Å². The van der Waals surface area contributed by atoms with E-state index in [1.165, 1.54) is 7.11 Å². The fourth-order valence-electron chi connectivity index (χ4n) is 0.113. The van der Waals surface area contributed by atoms with Crippen LogP contribution < -0.4 is 5.90 Å². The molecule has 5 nitrogen and oxygen atoms in total. The van der Waals surface area contributed by atoms with Gasteiger partial charge in [-0.25, -0.2) is 0 Å². The van der Waals surface area contributed by atoms with Crippen molar-refractivity contribution in [3.05, 3.63) is 0 Å². The molecule has 7 heavy (non-hydrogen) atoms. The highest BCUT2D eigenvalue weighted by Crippen LogP contribution is 1.71. The minimum Gasteiger partial charge on any atom is -0.451 e. The number of methoxy groups -OCH3 is 1. The second-order valence-corrected chi connectivity index (χ2v) is 0.688. The molecule has 0 heterocycles. The molecule has 0 aliphatic heterocycles. The molecule has 3 N–H and O–H groups in total. The van der Waals surface area contributed by atoms with Crippen LogP contribution in [0.3, 0.4) is 0 Å². The highest BCUT2D eigenvalue weighted by atomic mass is 16.8. The van der Waals surface area contributed by atoms with Gasteiger partial charge in [0.05, 0.1) is 7.11 Å². The number of rotatable bonds is 0. The average molecular weight is 106 g/mol. The predicted molar refractivity (Wildman–Crippen MR) is 21.5 cm³/mol. The normalized spacial score (nSPS) is 10.9. The third-order valence-electron chi connectivity index (χ3n) is 0.357. The van der Waals surface area contributed by atoms with Crippen LogP contribution in [0.15, 0.2) is 5.16 Å². The molecule has 0 aliphatic carbocycles. The lowest BCUT2D eigenvalue weighted by atomic mass is 11.3. The summed E-state index contributed by atoms with van der Waals surface area (Å²) in [7, 11) is 1.27. The van der Waals surface area contributed by atoms with Gasteiger partial charge in [-0.3, -0.25) is 0 Å². The van der Waals surface area contributed by atoms with Crippen molar-refractivity contribution < 1.29 is 14.8 Å². The molecule has 0 aromatic rings. The summed E-state index contributed by atoms with van der Waals surface area (Å²) < 4.78 is 4.20. The predicted octanol–water partition coefficient (Wildman–Crippen LogP) is -0.732. The zero-order valence-corrected chi connectivity index (χ0v) is 3.79. The monoisotopic (exact) mass is 106 g/mol. The maximum atomic E-state index is 7.78. The van der Waals surface area contributed by atoms with E-state index >= 15 is 0 Å². The van der Waals surface area contributed by atoms with Gasteiger partial charge in [-0.1, -0.05) is 0 Å². The van der Waals surface area contributed by atoms with Gasteiger partial charge in [0.1, 0.15) is 0 Å². The molecular formula is C2H6N2O3. The van der Waals surface area contributed by atoms with E-state index in [9.17, 15) is 0 Å². The van der Waals surface area contributed by atoms with Gasteiger partial charge in [0.15, 0.2) is 0 Å². The van der Waals surface area contributed by atoms with E-state index in [2.05, 4.69) is 20.6 Å². The molecule has 0 fully saturated rings. The van der Waals surface area contributed by atoms with E-state index in [4.69, 9.17) is 5.21 Å². The smallest absolute Gasteiger partial charge is 0.441 e. The molecule has 42 valence electrons. The maximum Gasteiger partial charge on any atom is 0.441 e. The molecule has 0 rings (SSSR count). The Morgan fingerprint density at radius 3 is 2.43 bits per heavy atom. The van der Waals surface area contributed by atoms with E-state index in [0.29, 0.717) is 0 Å². The summed E-state index contributed by atoms with van der Waals surface area (Å²) in [6, 6.07) is 0. The first-order chi connectivity index (χ1) is 3.35. The summed E-state index contributed by atoms with van der Waals surface area (Å²) in [5, 5.41) is 10.3. The van der Waals surface area contributed by atoms with E-state index in [-0.39, 0.29) is 6.08 Å². The van der Waals surface area contributed by atoms with Crippen LogP contribution in [0, 0.1) is 0 Å². The summed E-state index contributed by atoms with van der Waals surface area (Å²) >= 11 is 0. The first kappa shape index (κ1) is 6.03. The first-order valence-corrected chi connectivity index (χ1v) is 1.48. The second kappa shape index (κ2) is 3.23. The van der Waals surface area contributed by atoms with E-state index in [1.807, 2.05) is 0 Å². The van der Waals surface area contributed by atoms with Crippen molar-refractivity contribution in [1.29, 1.82) is 0 Å². The molecule has 0 aliphatic rings. The van der Waals surface area contributed by atoms with Crippen molar-refractivity contribution in [1.82, 2.24) is 0 Å². The van der Waals surface area contributed by atoms with Crippen molar-refractivity contribution in [3.8, 4) is 0 Å². The van der Waals surface area contributed by atoms with Crippen molar-refractivity contribution >= 4 is 6.08 Å². The quantitative estimate of drug-likeness (QED) is 0.185. The summed E-state index contributed by atoms with van der Waals surface area (Å²) in [5.41, 5.74) is 0. The van der Waals surface area contributed by atoms with Crippen LogP contribution in [0.1, 0.15) is 0 Å². The lowest BCUT2D eigenvalue weighted by Crippen LogP contribution is -2.11. The van der Waals surface area contributed by atoms with Gasteiger partial charge < -0.3 is 14.8 Å². The zero-order valence-electron chi connectivity index (χ0n) is 3.79. The Morgan fingerprint density at radius 1 is 1.86 bits per heavy atom. The topological polar surface area (TPSA) is 77.1 Å². The average Bonchev–Trinajstić information content (AvgIpc) is 1.72. The number of nitrogens with two attached hydrogens (primary N) is 1. The fourth-order valence-corrected chi connectivity index (χ4v) is 0.113. The zero-order chi connectivity index (χ0) is 5.70. The van der Waals surface area contributed by atoms with Crippen LogP contribution in [0.5, 0.6) is 0 Å². The third-order valence-corrected chi connectivity index (χ3v) is 0.357. The van der Waals surface area contributed by atoms with Gasteiger partial charge in [-0.15, -0.1) is 0 Å². The van der Waals surface area contributed by atoms with Crippen molar-refractivity contribution in [2.45, 2.75) is 0 Å². The number of oxime groups is 1. The van der Waals surface area contributed by atoms with E-state index < -0.39 is 0 Å². The lowest BCUT2D eigenvalue weighted by Gasteiger charge is -1.94. The minimum absolute atomic E-state index is 0.361. The van der Waals surface area contributed by atoms with Crippen LogP contribution in [-0.2, 0) is 9.57 Å². The largest absolute Gasteiger partial charge is 0.451 e. The molecule has 0 atom stereocenters. The Kier molecular flexibility index (Phi) is 2.78. The Morgan fingerprint density at radius 2 is 2.43 bits per heavy atom. The summed E-state index contributed by atoms with van der Waals surface area (Å²) in [6.07, 6.45) is -0.361. The first-order valence-electron chi connectivity index (χ1n) is 1.48. The molecule has 0 saturated carbocycles. The number of nitrogens with zero attached hydrogens (tertiary/aromatic N) is 1. The second-order valence-electron chi connectivity index (χ2n) is 0.688. The molecule has 0 aromatic carbocycles. The number of ether oxygens (including phenoxy) is 1. The molecule has 0 bridgehead atoms. The molecule has 0 amide bonds. The molecular weight excluding hydrogens is 100 g/mol. The van der Waals surface area contributed by atoms with Crippen LogP contribution >= 0.6 is 0 Å². The molecule has 0 aromatic heterocycles. The Hall–Kier alpha value is -0.970.